The number of carboxylic acids is 1. The molecule has 1 aliphatic heterocycles. The summed E-state index contributed by atoms with van der Waals surface area (Å²) in [5.74, 6) is -0.785. The monoisotopic (exact) mass is 277 g/mol. The molecule has 2 atom stereocenters. The van der Waals surface area contributed by atoms with Gasteiger partial charge in [-0.1, -0.05) is 37.3 Å². The predicted molar refractivity (Wildman–Crippen MR) is 77.7 cm³/mol. The van der Waals surface area contributed by atoms with Crippen molar-refractivity contribution in [3.63, 3.8) is 0 Å². The van der Waals surface area contributed by atoms with Gasteiger partial charge in [-0.2, -0.15) is 0 Å². The van der Waals surface area contributed by atoms with E-state index in [4.69, 9.17) is 4.74 Å². The highest BCUT2D eigenvalue weighted by atomic mass is 16.5. The number of carbonyl (C=O) groups is 1. The lowest BCUT2D eigenvalue weighted by molar-refractivity contribution is -0.145. The molecule has 1 aromatic carbocycles. The van der Waals surface area contributed by atoms with Crippen molar-refractivity contribution in [2.45, 2.75) is 38.3 Å². The van der Waals surface area contributed by atoms with Gasteiger partial charge in [0.15, 0.2) is 0 Å². The first-order valence-corrected chi connectivity index (χ1v) is 7.35. The molecule has 1 aliphatic rings. The molecule has 0 aromatic heterocycles. The van der Waals surface area contributed by atoms with Gasteiger partial charge in [0.1, 0.15) is 6.04 Å². The zero-order valence-corrected chi connectivity index (χ0v) is 12.0. The van der Waals surface area contributed by atoms with Crippen molar-refractivity contribution >= 4 is 5.97 Å². The third-order valence-corrected chi connectivity index (χ3v) is 3.68. The maximum absolute atomic E-state index is 11.6. The minimum Gasteiger partial charge on any atom is -0.480 e. The molecule has 4 heteroatoms. The van der Waals surface area contributed by atoms with Crippen molar-refractivity contribution in [2.75, 3.05) is 19.7 Å². The van der Waals surface area contributed by atoms with Gasteiger partial charge in [-0.15, -0.1) is 0 Å². The zero-order chi connectivity index (χ0) is 14.4. The van der Waals surface area contributed by atoms with Crippen molar-refractivity contribution in [3.8, 4) is 0 Å². The number of hydrogen-bond acceptors (Lipinski definition) is 3. The fourth-order valence-electron chi connectivity index (χ4n) is 2.77. The molecule has 4 nitrogen and oxygen atoms in total. The molecule has 20 heavy (non-hydrogen) atoms. The van der Waals surface area contributed by atoms with E-state index in [1.54, 1.807) is 0 Å². The quantitative estimate of drug-likeness (QED) is 0.868. The second-order valence-corrected chi connectivity index (χ2v) is 5.28. The number of benzene rings is 1. The summed E-state index contributed by atoms with van der Waals surface area (Å²) < 4.78 is 5.79. The van der Waals surface area contributed by atoms with E-state index >= 15 is 0 Å². The average molecular weight is 277 g/mol. The van der Waals surface area contributed by atoms with Crippen LogP contribution in [0.5, 0.6) is 0 Å². The van der Waals surface area contributed by atoms with Crippen LogP contribution in [-0.4, -0.2) is 41.8 Å². The summed E-state index contributed by atoms with van der Waals surface area (Å²) in [5.41, 5.74) is 0.844. The van der Waals surface area contributed by atoms with Crippen LogP contribution in [0.4, 0.5) is 0 Å². The summed E-state index contributed by atoms with van der Waals surface area (Å²) >= 11 is 0. The molecule has 1 saturated heterocycles. The van der Waals surface area contributed by atoms with E-state index in [-0.39, 0.29) is 6.10 Å². The van der Waals surface area contributed by atoms with E-state index in [0.29, 0.717) is 6.54 Å². The molecule has 0 radical (unpaired) electrons. The normalized spacial score (nSPS) is 21.6. The molecular weight excluding hydrogens is 254 g/mol. The molecule has 1 aromatic rings. The molecule has 110 valence electrons. The van der Waals surface area contributed by atoms with Crippen LogP contribution >= 0.6 is 0 Å². The van der Waals surface area contributed by atoms with E-state index in [1.165, 1.54) is 0 Å². The first-order chi connectivity index (χ1) is 9.72. The van der Waals surface area contributed by atoms with Gasteiger partial charge < -0.3 is 9.84 Å². The van der Waals surface area contributed by atoms with Crippen LogP contribution in [0.25, 0.3) is 0 Å². The van der Waals surface area contributed by atoms with Gasteiger partial charge >= 0.3 is 5.97 Å². The number of piperidine rings is 1. The Balaban J connectivity index is 2.07. The lowest BCUT2D eigenvalue weighted by Crippen LogP contribution is -2.44. The van der Waals surface area contributed by atoms with Crippen LogP contribution in [0.1, 0.15) is 37.8 Å². The highest BCUT2D eigenvalue weighted by Gasteiger charge is 2.31. The summed E-state index contributed by atoms with van der Waals surface area (Å²) in [5, 5.41) is 9.56. The van der Waals surface area contributed by atoms with Crippen LogP contribution in [0.2, 0.25) is 0 Å². The van der Waals surface area contributed by atoms with Crippen LogP contribution in [-0.2, 0) is 9.53 Å². The molecule has 0 aliphatic carbocycles. The van der Waals surface area contributed by atoms with E-state index in [1.807, 2.05) is 35.2 Å². The molecule has 1 fully saturated rings. The van der Waals surface area contributed by atoms with Gasteiger partial charge in [-0.3, -0.25) is 9.69 Å². The molecule has 2 rings (SSSR count). The first-order valence-electron chi connectivity index (χ1n) is 7.35. The highest BCUT2D eigenvalue weighted by Crippen LogP contribution is 2.26. The number of nitrogens with zero attached hydrogens (tertiary/aromatic N) is 1. The Labute approximate surface area is 120 Å². The van der Waals surface area contributed by atoms with Gasteiger partial charge in [0.05, 0.1) is 6.10 Å². The largest absolute Gasteiger partial charge is 0.480 e. The molecule has 0 amide bonds. The summed E-state index contributed by atoms with van der Waals surface area (Å²) in [6, 6.07) is 8.89. The second kappa shape index (κ2) is 7.41. The maximum atomic E-state index is 11.6. The van der Waals surface area contributed by atoms with Crippen molar-refractivity contribution in [3.05, 3.63) is 35.9 Å². The third kappa shape index (κ3) is 3.81. The molecular formula is C16H23NO3. The number of ether oxygens (including phenoxy) is 1. The average Bonchev–Trinajstić information content (AvgIpc) is 2.46. The molecule has 1 N–H and O–H groups in total. The fraction of sp³-hybridized carbons (Fsp3) is 0.562. The minimum atomic E-state index is -0.785. The topological polar surface area (TPSA) is 49.8 Å². The van der Waals surface area contributed by atoms with Gasteiger partial charge in [-0.05, 0) is 31.4 Å². The summed E-state index contributed by atoms with van der Waals surface area (Å²) in [6.45, 7) is 4.36. The minimum absolute atomic E-state index is 0.161. The Bertz CT molecular complexity index is 421. The van der Waals surface area contributed by atoms with Crippen LogP contribution in [0.3, 0.4) is 0 Å². The second-order valence-electron chi connectivity index (χ2n) is 5.28. The lowest BCUT2D eigenvalue weighted by atomic mass is 10.0. The Hall–Kier alpha value is -1.39. The van der Waals surface area contributed by atoms with Crippen LogP contribution in [0.15, 0.2) is 30.3 Å². The highest BCUT2D eigenvalue weighted by molar-refractivity contribution is 5.75. The van der Waals surface area contributed by atoms with Crippen LogP contribution in [0, 0.1) is 0 Å². The summed E-state index contributed by atoms with van der Waals surface area (Å²) in [7, 11) is 0. The van der Waals surface area contributed by atoms with Crippen molar-refractivity contribution < 1.29 is 14.6 Å². The number of carboxylic acid groups (broad SMARTS) is 1. The molecule has 0 bridgehead atoms. The Kier molecular flexibility index (Phi) is 5.56. The smallest absolute Gasteiger partial charge is 0.325 e. The van der Waals surface area contributed by atoms with Crippen molar-refractivity contribution in [1.29, 1.82) is 0 Å². The number of hydrogen-bond donors (Lipinski definition) is 1. The fourth-order valence-corrected chi connectivity index (χ4v) is 2.77. The third-order valence-electron chi connectivity index (χ3n) is 3.68. The zero-order valence-electron chi connectivity index (χ0n) is 12.0. The van der Waals surface area contributed by atoms with E-state index in [2.05, 4.69) is 6.92 Å². The first kappa shape index (κ1) is 15.0. The van der Waals surface area contributed by atoms with Gasteiger partial charge in [0, 0.05) is 13.2 Å². The van der Waals surface area contributed by atoms with Gasteiger partial charge in [0.25, 0.3) is 0 Å². The predicted octanol–water partition coefficient (Wildman–Crippen LogP) is 2.70. The lowest BCUT2D eigenvalue weighted by Gasteiger charge is -2.36. The summed E-state index contributed by atoms with van der Waals surface area (Å²) in [4.78, 5) is 13.7. The number of aliphatic carboxylic acids is 1. The molecule has 1 heterocycles. The van der Waals surface area contributed by atoms with Crippen molar-refractivity contribution in [2.24, 2.45) is 0 Å². The SMILES string of the molecule is CCCOC1CCCN(C(C(=O)O)c2ccccc2)C1. The Morgan fingerprint density at radius 2 is 2.20 bits per heavy atom. The van der Waals surface area contributed by atoms with Crippen LogP contribution < -0.4 is 0 Å². The standard InChI is InChI=1S/C16H23NO3/c1-2-11-20-14-9-6-10-17(12-14)15(16(18)19)13-7-4-3-5-8-13/h3-5,7-8,14-15H,2,6,9-12H2,1H3,(H,18,19). The Morgan fingerprint density at radius 3 is 2.85 bits per heavy atom. The molecule has 0 spiro atoms. The van der Waals surface area contributed by atoms with E-state index in [9.17, 15) is 9.90 Å². The number of likely N-dealkylation sites (tertiary alicyclic amines) is 1. The summed E-state index contributed by atoms with van der Waals surface area (Å²) in [6.07, 6.45) is 3.18. The van der Waals surface area contributed by atoms with Gasteiger partial charge in [-0.25, -0.2) is 0 Å². The van der Waals surface area contributed by atoms with Crippen molar-refractivity contribution in [1.82, 2.24) is 4.90 Å². The molecule has 0 saturated carbocycles. The van der Waals surface area contributed by atoms with Gasteiger partial charge in [0.2, 0.25) is 0 Å². The number of rotatable bonds is 6. The van der Waals surface area contributed by atoms with E-state index in [0.717, 1.165) is 38.0 Å². The van der Waals surface area contributed by atoms with E-state index < -0.39 is 12.0 Å². The molecule has 2 unspecified atom stereocenters. The Morgan fingerprint density at radius 1 is 1.45 bits per heavy atom. The maximum Gasteiger partial charge on any atom is 0.325 e.